The molecule has 0 atom stereocenters. The second-order valence-corrected chi connectivity index (χ2v) is 9.46. The monoisotopic (exact) mass is 603 g/mol. The van der Waals surface area contributed by atoms with Crippen molar-refractivity contribution in [3.63, 3.8) is 0 Å². The van der Waals surface area contributed by atoms with E-state index in [0.717, 1.165) is 10.2 Å². The SMILES string of the molecule is COc1cc(OC(=O)c2cccc(Br)c2)ccc1/C=N\Nc1nc(Nc2ccccc2)nc(N2CCOCC2)n1. The first-order chi connectivity index (χ1) is 19.6. The van der Waals surface area contributed by atoms with Gasteiger partial charge in [-0.1, -0.05) is 40.2 Å². The minimum Gasteiger partial charge on any atom is -0.496 e. The van der Waals surface area contributed by atoms with Crippen LogP contribution >= 0.6 is 15.9 Å². The number of carbonyl (C=O) groups is 1. The molecule has 4 aromatic rings. The molecule has 5 rings (SSSR count). The number of morpholine rings is 1. The Hall–Kier alpha value is -4.55. The molecule has 2 N–H and O–H groups in total. The lowest BCUT2D eigenvalue weighted by atomic mass is 10.2. The second-order valence-electron chi connectivity index (χ2n) is 8.55. The van der Waals surface area contributed by atoms with Gasteiger partial charge in [-0.25, -0.2) is 10.2 Å². The Kier molecular flexibility index (Phi) is 8.79. The molecular formula is C28H26BrN7O4. The summed E-state index contributed by atoms with van der Waals surface area (Å²) in [5.41, 5.74) is 4.82. The van der Waals surface area contributed by atoms with E-state index in [1.165, 1.54) is 7.11 Å². The highest BCUT2D eigenvalue weighted by molar-refractivity contribution is 9.10. The highest BCUT2D eigenvalue weighted by Crippen LogP contribution is 2.25. The zero-order valence-corrected chi connectivity index (χ0v) is 23.2. The minimum atomic E-state index is -0.475. The standard InChI is InChI=1S/C28H26BrN7O4/c1-38-24-17-23(40-25(37)19-6-5-7-21(29)16-19)11-10-20(24)18-30-35-27-32-26(31-22-8-3-2-4-9-22)33-28(34-27)36-12-14-39-15-13-36/h2-11,16-18H,12-15H2,1H3,(H2,31,32,33,34,35)/b30-18-. The van der Waals surface area contributed by atoms with Crippen molar-refractivity contribution in [2.75, 3.05) is 49.1 Å². The van der Waals surface area contributed by atoms with Gasteiger partial charge in [0, 0.05) is 34.9 Å². The smallest absolute Gasteiger partial charge is 0.343 e. The van der Waals surface area contributed by atoms with E-state index in [1.54, 1.807) is 42.6 Å². The van der Waals surface area contributed by atoms with E-state index in [-0.39, 0.29) is 5.95 Å². The molecule has 3 aromatic carbocycles. The second kappa shape index (κ2) is 13.0. The van der Waals surface area contributed by atoms with Gasteiger partial charge in [-0.2, -0.15) is 20.1 Å². The molecule has 0 unspecified atom stereocenters. The predicted molar refractivity (Wildman–Crippen MR) is 156 cm³/mol. The molecule has 0 saturated carbocycles. The van der Waals surface area contributed by atoms with Crippen LogP contribution in [0.25, 0.3) is 0 Å². The third kappa shape index (κ3) is 7.10. The summed E-state index contributed by atoms with van der Waals surface area (Å²) < 4.78 is 17.3. The van der Waals surface area contributed by atoms with Crippen molar-refractivity contribution >= 4 is 51.6 Å². The Morgan fingerprint density at radius 1 is 1.00 bits per heavy atom. The molecule has 1 aliphatic heterocycles. The molecule has 0 radical (unpaired) electrons. The van der Waals surface area contributed by atoms with E-state index in [0.29, 0.717) is 60.8 Å². The zero-order valence-electron chi connectivity index (χ0n) is 21.6. The number of hydrogen-bond donors (Lipinski definition) is 2. The quantitative estimate of drug-likeness (QED) is 0.118. The number of carbonyl (C=O) groups excluding carboxylic acids is 1. The third-order valence-corrected chi connectivity index (χ3v) is 6.28. The molecular weight excluding hydrogens is 578 g/mol. The molecule has 1 aliphatic rings. The van der Waals surface area contributed by atoms with Gasteiger partial charge in [-0.15, -0.1) is 0 Å². The molecule has 0 aliphatic carbocycles. The predicted octanol–water partition coefficient (Wildman–Crippen LogP) is 4.89. The number of nitrogens with one attached hydrogen (secondary N) is 2. The van der Waals surface area contributed by atoms with E-state index < -0.39 is 5.97 Å². The van der Waals surface area contributed by atoms with Gasteiger partial charge >= 0.3 is 5.97 Å². The fraction of sp³-hybridized carbons (Fsp3) is 0.179. The molecule has 0 bridgehead atoms. The lowest BCUT2D eigenvalue weighted by molar-refractivity contribution is 0.0734. The Balaban J connectivity index is 1.31. The summed E-state index contributed by atoms with van der Waals surface area (Å²) in [5.74, 6) is 1.51. The van der Waals surface area contributed by atoms with Crippen LogP contribution in [0.3, 0.4) is 0 Å². The van der Waals surface area contributed by atoms with Gasteiger partial charge in [-0.05, 0) is 42.5 Å². The number of esters is 1. The third-order valence-electron chi connectivity index (χ3n) is 5.79. The van der Waals surface area contributed by atoms with Crippen LogP contribution in [-0.2, 0) is 4.74 Å². The molecule has 1 saturated heterocycles. The van der Waals surface area contributed by atoms with Crippen molar-refractivity contribution in [1.29, 1.82) is 0 Å². The van der Waals surface area contributed by atoms with E-state index in [4.69, 9.17) is 14.2 Å². The summed E-state index contributed by atoms with van der Waals surface area (Å²) in [6.45, 7) is 2.55. The van der Waals surface area contributed by atoms with Crippen molar-refractivity contribution in [2.24, 2.45) is 5.10 Å². The van der Waals surface area contributed by atoms with Gasteiger partial charge in [0.1, 0.15) is 11.5 Å². The van der Waals surface area contributed by atoms with Gasteiger partial charge in [-0.3, -0.25) is 0 Å². The highest BCUT2D eigenvalue weighted by atomic mass is 79.9. The van der Waals surface area contributed by atoms with Crippen molar-refractivity contribution in [3.8, 4) is 11.5 Å². The van der Waals surface area contributed by atoms with Crippen LogP contribution in [0, 0.1) is 0 Å². The van der Waals surface area contributed by atoms with E-state index in [2.05, 4.69) is 46.7 Å². The number of nitrogens with zero attached hydrogens (tertiary/aromatic N) is 5. The van der Waals surface area contributed by atoms with Crippen LogP contribution in [0.15, 0.2) is 82.4 Å². The van der Waals surface area contributed by atoms with E-state index in [9.17, 15) is 4.79 Å². The lowest BCUT2D eigenvalue weighted by Crippen LogP contribution is -2.37. The summed E-state index contributed by atoms with van der Waals surface area (Å²) >= 11 is 3.36. The number of hydrogen-bond acceptors (Lipinski definition) is 11. The van der Waals surface area contributed by atoms with Gasteiger partial charge in [0.15, 0.2) is 0 Å². The Labute approximate surface area is 239 Å². The molecule has 12 heteroatoms. The molecule has 1 fully saturated rings. The number of halogens is 1. The minimum absolute atomic E-state index is 0.268. The molecule has 204 valence electrons. The first-order valence-electron chi connectivity index (χ1n) is 12.4. The first kappa shape index (κ1) is 27.0. The number of aromatic nitrogens is 3. The van der Waals surface area contributed by atoms with Crippen LogP contribution in [0.1, 0.15) is 15.9 Å². The number of rotatable bonds is 9. The normalized spacial score (nSPS) is 13.2. The maximum absolute atomic E-state index is 12.5. The average Bonchev–Trinajstić information content (AvgIpc) is 2.98. The number of methoxy groups -OCH3 is 1. The Bertz CT molecular complexity index is 1500. The van der Waals surface area contributed by atoms with Crippen LogP contribution in [-0.4, -0.2) is 60.5 Å². The van der Waals surface area contributed by atoms with Crippen molar-refractivity contribution in [3.05, 3.63) is 88.4 Å². The van der Waals surface area contributed by atoms with Gasteiger partial charge in [0.05, 0.1) is 32.1 Å². The van der Waals surface area contributed by atoms with Crippen LogP contribution in [0.5, 0.6) is 11.5 Å². The van der Waals surface area contributed by atoms with Crippen LogP contribution < -0.4 is 25.1 Å². The number of hydrazone groups is 1. The number of anilines is 4. The molecule has 0 spiro atoms. The van der Waals surface area contributed by atoms with Crippen molar-refractivity contribution in [1.82, 2.24) is 15.0 Å². The summed E-state index contributed by atoms with van der Waals surface area (Å²) in [6.07, 6.45) is 1.57. The average molecular weight is 604 g/mol. The van der Waals surface area contributed by atoms with E-state index >= 15 is 0 Å². The fourth-order valence-corrected chi connectivity index (χ4v) is 4.23. The highest BCUT2D eigenvalue weighted by Gasteiger charge is 2.17. The van der Waals surface area contributed by atoms with Crippen molar-refractivity contribution < 1.29 is 19.0 Å². The maximum atomic E-state index is 12.5. The molecule has 2 heterocycles. The fourth-order valence-electron chi connectivity index (χ4n) is 3.83. The zero-order chi connectivity index (χ0) is 27.7. The molecule has 11 nitrogen and oxygen atoms in total. The Morgan fingerprint density at radius 2 is 1.80 bits per heavy atom. The lowest BCUT2D eigenvalue weighted by Gasteiger charge is -2.27. The summed E-state index contributed by atoms with van der Waals surface area (Å²) in [4.78, 5) is 28.1. The van der Waals surface area contributed by atoms with Crippen LogP contribution in [0.4, 0.5) is 23.5 Å². The largest absolute Gasteiger partial charge is 0.496 e. The number of para-hydroxylation sites is 1. The number of benzene rings is 3. The van der Waals surface area contributed by atoms with Gasteiger partial charge in [0.25, 0.3) is 0 Å². The number of ether oxygens (including phenoxy) is 3. The Morgan fingerprint density at radius 3 is 2.58 bits per heavy atom. The molecule has 1 aromatic heterocycles. The topological polar surface area (TPSA) is 123 Å². The summed E-state index contributed by atoms with van der Waals surface area (Å²) in [5, 5.41) is 7.52. The van der Waals surface area contributed by atoms with Gasteiger partial charge < -0.3 is 24.4 Å². The van der Waals surface area contributed by atoms with E-state index in [1.807, 2.05) is 41.3 Å². The first-order valence-corrected chi connectivity index (χ1v) is 13.2. The van der Waals surface area contributed by atoms with Gasteiger partial charge in [0.2, 0.25) is 17.8 Å². The molecule has 0 amide bonds. The summed E-state index contributed by atoms with van der Waals surface area (Å²) in [7, 11) is 1.53. The van der Waals surface area contributed by atoms with Crippen molar-refractivity contribution in [2.45, 2.75) is 0 Å². The molecule has 40 heavy (non-hydrogen) atoms. The van der Waals surface area contributed by atoms with Crippen LogP contribution in [0.2, 0.25) is 0 Å². The maximum Gasteiger partial charge on any atom is 0.343 e. The summed E-state index contributed by atoms with van der Waals surface area (Å²) in [6, 6.07) is 21.7.